The van der Waals surface area contributed by atoms with E-state index in [1.54, 1.807) is 13.2 Å². The zero-order valence-corrected chi connectivity index (χ0v) is 12.6. The van der Waals surface area contributed by atoms with Gasteiger partial charge in [0.1, 0.15) is 5.75 Å². The fourth-order valence-electron chi connectivity index (χ4n) is 2.21. The van der Waals surface area contributed by atoms with Gasteiger partial charge in [-0.1, -0.05) is 30.1 Å². The van der Waals surface area contributed by atoms with Gasteiger partial charge in [-0.2, -0.15) is 0 Å². The van der Waals surface area contributed by atoms with Gasteiger partial charge in [-0.25, -0.2) is 0 Å². The van der Waals surface area contributed by atoms with E-state index in [2.05, 4.69) is 0 Å². The molecule has 3 nitrogen and oxygen atoms in total. The average molecular weight is 292 g/mol. The highest BCUT2D eigenvalue weighted by atomic mass is 35.5. The number of ether oxygens (including phenoxy) is 1. The highest BCUT2D eigenvalue weighted by Crippen LogP contribution is 2.39. The van der Waals surface area contributed by atoms with Gasteiger partial charge in [-0.15, -0.1) is 0 Å². The number of hydrogen-bond donors (Lipinski definition) is 1. The largest absolute Gasteiger partial charge is 0.495 e. The van der Waals surface area contributed by atoms with Crippen LogP contribution >= 0.6 is 23.2 Å². The summed E-state index contributed by atoms with van der Waals surface area (Å²) in [5, 5.41) is 10.4. The van der Waals surface area contributed by atoms with Crippen molar-refractivity contribution < 1.29 is 9.84 Å². The number of nitrogens with zero attached hydrogens (tertiary/aromatic N) is 1. The van der Waals surface area contributed by atoms with Crippen molar-refractivity contribution >= 4 is 23.2 Å². The van der Waals surface area contributed by atoms with Crippen LogP contribution in [0.25, 0.3) is 0 Å². The minimum absolute atomic E-state index is 0.0128. The van der Waals surface area contributed by atoms with Crippen molar-refractivity contribution in [3.8, 4) is 5.75 Å². The van der Waals surface area contributed by atoms with Crippen LogP contribution in [0.3, 0.4) is 0 Å². The van der Waals surface area contributed by atoms with Crippen molar-refractivity contribution in [1.29, 1.82) is 0 Å². The van der Waals surface area contributed by atoms with E-state index < -0.39 is 0 Å². The van der Waals surface area contributed by atoms with Crippen LogP contribution in [-0.2, 0) is 0 Å². The SMILES string of the molecule is COc1c(Cl)cc(Cl)cc1C(C(C)CO)N(C)C. The second-order valence-electron chi connectivity index (χ2n) is 4.58. The van der Waals surface area contributed by atoms with Gasteiger partial charge in [0, 0.05) is 23.2 Å². The lowest BCUT2D eigenvalue weighted by Crippen LogP contribution is -2.28. The van der Waals surface area contributed by atoms with Gasteiger partial charge in [-0.05, 0) is 32.1 Å². The van der Waals surface area contributed by atoms with Crippen LogP contribution in [0.2, 0.25) is 10.0 Å². The van der Waals surface area contributed by atoms with E-state index in [0.29, 0.717) is 15.8 Å². The van der Waals surface area contributed by atoms with Crippen LogP contribution in [0.4, 0.5) is 0 Å². The maximum absolute atomic E-state index is 9.38. The first kappa shape index (κ1) is 15.6. The molecule has 0 saturated carbocycles. The van der Waals surface area contributed by atoms with E-state index in [1.165, 1.54) is 0 Å². The van der Waals surface area contributed by atoms with Crippen molar-refractivity contribution in [3.05, 3.63) is 27.7 Å². The lowest BCUT2D eigenvalue weighted by atomic mass is 9.93. The molecule has 2 unspecified atom stereocenters. The van der Waals surface area contributed by atoms with E-state index in [0.717, 1.165) is 5.56 Å². The normalized spacial score (nSPS) is 14.7. The second kappa shape index (κ2) is 6.62. The number of aliphatic hydroxyl groups excluding tert-OH is 1. The van der Waals surface area contributed by atoms with Gasteiger partial charge in [0.25, 0.3) is 0 Å². The molecule has 2 atom stereocenters. The van der Waals surface area contributed by atoms with E-state index in [9.17, 15) is 5.11 Å². The molecule has 0 heterocycles. The van der Waals surface area contributed by atoms with Gasteiger partial charge >= 0.3 is 0 Å². The maximum Gasteiger partial charge on any atom is 0.142 e. The topological polar surface area (TPSA) is 32.7 Å². The van der Waals surface area contributed by atoms with Crippen molar-refractivity contribution in [2.75, 3.05) is 27.8 Å². The highest BCUT2D eigenvalue weighted by Gasteiger charge is 2.26. The number of methoxy groups -OCH3 is 1. The molecular weight excluding hydrogens is 273 g/mol. The molecule has 5 heteroatoms. The second-order valence-corrected chi connectivity index (χ2v) is 5.42. The fourth-order valence-corrected chi connectivity index (χ4v) is 2.80. The maximum atomic E-state index is 9.38. The van der Waals surface area contributed by atoms with Gasteiger partial charge in [0.15, 0.2) is 0 Å². The Balaban J connectivity index is 3.35. The standard InChI is InChI=1S/C13H19Cl2NO2/c1-8(7-17)12(16(2)3)10-5-9(14)6-11(15)13(10)18-4/h5-6,8,12,17H,7H2,1-4H3. The molecule has 0 saturated heterocycles. The Labute approximate surface area is 118 Å². The summed E-state index contributed by atoms with van der Waals surface area (Å²) in [7, 11) is 5.48. The molecule has 0 aliphatic rings. The molecule has 0 aromatic heterocycles. The molecule has 1 aromatic carbocycles. The lowest BCUT2D eigenvalue weighted by Gasteiger charge is -2.31. The molecule has 0 aliphatic heterocycles. The monoisotopic (exact) mass is 291 g/mol. The highest BCUT2D eigenvalue weighted by molar-refractivity contribution is 6.35. The van der Waals surface area contributed by atoms with Gasteiger partial charge in [-0.3, -0.25) is 0 Å². The molecule has 1 N–H and O–H groups in total. The summed E-state index contributed by atoms with van der Waals surface area (Å²) in [6.07, 6.45) is 0. The first-order valence-corrected chi connectivity index (χ1v) is 6.48. The van der Waals surface area contributed by atoms with Crippen LogP contribution in [-0.4, -0.2) is 37.8 Å². The van der Waals surface area contributed by atoms with Gasteiger partial charge in [0.2, 0.25) is 0 Å². The van der Waals surface area contributed by atoms with E-state index in [4.69, 9.17) is 27.9 Å². The van der Waals surface area contributed by atoms with Crippen molar-refractivity contribution in [1.82, 2.24) is 4.90 Å². The Bertz CT molecular complexity index is 410. The molecule has 0 fully saturated rings. The number of aliphatic hydroxyl groups is 1. The minimum atomic E-state index is -0.0128. The third-order valence-electron chi connectivity index (χ3n) is 2.94. The quantitative estimate of drug-likeness (QED) is 0.904. The van der Waals surface area contributed by atoms with Crippen molar-refractivity contribution in [2.45, 2.75) is 13.0 Å². The molecule has 18 heavy (non-hydrogen) atoms. The smallest absolute Gasteiger partial charge is 0.142 e. The van der Waals surface area contributed by atoms with E-state index in [1.807, 2.05) is 32.0 Å². The third-order valence-corrected chi connectivity index (χ3v) is 3.44. The number of rotatable bonds is 5. The molecule has 1 rings (SSSR count). The fraction of sp³-hybridized carbons (Fsp3) is 0.538. The predicted octanol–water partition coefficient (Wildman–Crippen LogP) is 3.23. The number of benzene rings is 1. The Morgan fingerprint density at radius 3 is 2.39 bits per heavy atom. The summed E-state index contributed by atoms with van der Waals surface area (Å²) in [5.41, 5.74) is 0.890. The number of hydrogen-bond acceptors (Lipinski definition) is 3. The Kier molecular flexibility index (Phi) is 5.73. The zero-order valence-electron chi connectivity index (χ0n) is 11.1. The first-order chi connectivity index (χ1) is 8.42. The summed E-state index contributed by atoms with van der Waals surface area (Å²) in [6, 6.07) is 3.48. The molecule has 0 bridgehead atoms. The van der Waals surface area contributed by atoms with Crippen LogP contribution < -0.4 is 4.74 Å². The Morgan fingerprint density at radius 1 is 1.33 bits per heavy atom. The summed E-state index contributed by atoms with van der Waals surface area (Å²) >= 11 is 12.2. The average Bonchev–Trinajstić information content (AvgIpc) is 2.28. The van der Waals surface area contributed by atoms with Crippen LogP contribution in [0.1, 0.15) is 18.5 Å². The third kappa shape index (κ3) is 3.29. The molecular formula is C13H19Cl2NO2. The Morgan fingerprint density at radius 2 is 1.94 bits per heavy atom. The van der Waals surface area contributed by atoms with Crippen LogP contribution in [0, 0.1) is 5.92 Å². The molecule has 0 radical (unpaired) electrons. The van der Waals surface area contributed by atoms with Gasteiger partial charge in [0.05, 0.1) is 12.1 Å². The van der Waals surface area contributed by atoms with Crippen LogP contribution in [0.15, 0.2) is 12.1 Å². The number of halogens is 2. The predicted molar refractivity (Wildman–Crippen MR) is 75.7 cm³/mol. The van der Waals surface area contributed by atoms with Gasteiger partial charge < -0.3 is 14.7 Å². The van der Waals surface area contributed by atoms with Crippen LogP contribution in [0.5, 0.6) is 5.75 Å². The summed E-state index contributed by atoms with van der Waals surface area (Å²) in [5.74, 6) is 0.656. The molecule has 0 amide bonds. The van der Waals surface area contributed by atoms with Crippen molar-refractivity contribution in [3.63, 3.8) is 0 Å². The summed E-state index contributed by atoms with van der Waals surface area (Å²) in [6.45, 7) is 2.05. The Hall–Kier alpha value is -0.480. The first-order valence-electron chi connectivity index (χ1n) is 5.72. The minimum Gasteiger partial charge on any atom is -0.495 e. The lowest BCUT2D eigenvalue weighted by molar-refractivity contribution is 0.143. The molecule has 0 aliphatic carbocycles. The van der Waals surface area contributed by atoms with E-state index in [-0.39, 0.29) is 18.6 Å². The van der Waals surface area contributed by atoms with E-state index >= 15 is 0 Å². The molecule has 102 valence electrons. The summed E-state index contributed by atoms with van der Waals surface area (Å²) < 4.78 is 5.36. The zero-order chi connectivity index (χ0) is 13.9. The van der Waals surface area contributed by atoms with Crippen molar-refractivity contribution in [2.24, 2.45) is 5.92 Å². The molecule has 0 spiro atoms. The summed E-state index contributed by atoms with van der Waals surface area (Å²) in [4.78, 5) is 2.02. The molecule has 1 aromatic rings.